The van der Waals surface area contributed by atoms with Crippen LogP contribution >= 0.6 is 0 Å². The quantitative estimate of drug-likeness (QED) is 0.631. The lowest BCUT2D eigenvalue weighted by molar-refractivity contribution is -0.0206. The molecule has 1 saturated carbocycles. The molecule has 2 nitrogen and oxygen atoms in total. The number of rotatable bonds is 2. The van der Waals surface area contributed by atoms with E-state index in [1.807, 2.05) is 0 Å². The SMILES string of the molecule is CC1(C)C2CC=C([C@H](O)CN)C1C2. The Morgan fingerprint density at radius 2 is 2.38 bits per heavy atom. The molecule has 3 aliphatic rings. The summed E-state index contributed by atoms with van der Waals surface area (Å²) >= 11 is 0. The maximum Gasteiger partial charge on any atom is 0.0875 e. The zero-order chi connectivity index (χ0) is 9.64. The van der Waals surface area contributed by atoms with Crippen LogP contribution in [-0.2, 0) is 0 Å². The Hall–Kier alpha value is -0.340. The van der Waals surface area contributed by atoms with Crippen molar-refractivity contribution in [1.29, 1.82) is 0 Å². The number of allylic oxidation sites excluding steroid dienone is 1. The topological polar surface area (TPSA) is 46.2 Å². The third kappa shape index (κ3) is 1.16. The summed E-state index contributed by atoms with van der Waals surface area (Å²) in [4.78, 5) is 0. The molecule has 3 N–H and O–H groups in total. The third-order valence-corrected chi connectivity index (χ3v) is 4.12. The summed E-state index contributed by atoms with van der Waals surface area (Å²) in [6.07, 6.45) is 4.21. The van der Waals surface area contributed by atoms with Crippen molar-refractivity contribution in [2.24, 2.45) is 23.0 Å². The lowest BCUT2D eigenvalue weighted by Gasteiger charge is -2.57. The first-order valence-corrected chi connectivity index (χ1v) is 5.15. The second-order valence-electron chi connectivity index (χ2n) is 5.00. The van der Waals surface area contributed by atoms with E-state index in [1.54, 1.807) is 0 Å². The number of aliphatic hydroxyl groups excluding tert-OH is 1. The molecule has 0 aromatic heterocycles. The van der Waals surface area contributed by atoms with Gasteiger partial charge in [0.2, 0.25) is 0 Å². The lowest BCUT2D eigenvalue weighted by Crippen LogP contribution is -2.50. The van der Waals surface area contributed by atoms with Gasteiger partial charge in [0.15, 0.2) is 0 Å². The minimum Gasteiger partial charge on any atom is -0.387 e. The highest BCUT2D eigenvalue weighted by Crippen LogP contribution is 2.59. The molecule has 3 rings (SSSR count). The zero-order valence-electron chi connectivity index (χ0n) is 8.46. The molecular weight excluding hydrogens is 162 g/mol. The molecular formula is C11H19NO. The summed E-state index contributed by atoms with van der Waals surface area (Å²) in [5.74, 6) is 1.43. The summed E-state index contributed by atoms with van der Waals surface area (Å²) in [6.45, 7) is 4.98. The predicted molar refractivity (Wildman–Crippen MR) is 53.1 cm³/mol. The first-order valence-electron chi connectivity index (χ1n) is 5.15. The van der Waals surface area contributed by atoms with E-state index in [0.29, 0.717) is 17.9 Å². The van der Waals surface area contributed by atoms with Crippen LogP contribution in [0.2, 0.25) is 0 Å². The summed E-state index contributed by atoms with van der Waals surface area (Å²) in [7, 11) is 0. The fourth-order valence-electron chi connectivity index (χ4n) is 2.91. The number of aliphatic hydroxyl groups is 1. The van der Waals surface area contributed by atoms with Crippen molar-refractivity contribution in [1.82, 2.24) is 0 Å². The fraction of sp³-hybridized carbons (Fsp3) is 0.818. The lowest BCUT2D eigenvalue weighted by atomic mass is 9.48. The molecule has 0 amide bonds. The van der Waals surface area contributed by atoms with Crippen LogP contribution in [0.4, 0.5) is 0 Å². The Morgan fingerprint density at radius 3 is 2.85 bits per heavy atom. The molecule has 0 aliphatic heterocycles. The Bertz CT molecular complexity index is 244. The van der Waals surface area contributed by atoms with Gasteiger partial charge in [-0.15, -0.1) is 0 Å². The van der Waals surface area contributed by atoms with Gasteiger partial charge < -0.3 is 10.8 Å². The van der Waals surface area contributed by atoms with E-state index >= 15 is 0 Å². The molecule has 1 fully saturated rings. The number of hydrogen-bond acceptors (Lipinski definition) is 2. The minimum absolute atomic E-state index is 0.364. The molecule has 13 heavy (non-hydrogen) atoms. The van der Waals surface area contributed by atoms with Gasteiger partial charge in [0.05, 0.1) is 6.10 Å². The molecule has 2 bridgehead atoms. The molecule has 3 aliphatic carbocycles. The highest BCUT2D eigenvalue weighted by atomic mass is 16.3. The fourth-order valence-corrected chi connectivity index (χ4v) is 2.91. The van der Waals surface area contributed by atoms with E-state index in [0.717, 1.165) is 12.3 Å². The Balaban J connectivity index is 2.18. The highest BCUT2D eigenvalue weighted by Gasteiger charge is 2.51. The van der Waals surface area contributed by atoms with Crippen LogP contribution in [0.1, 0.15) is 26.7 Å². The molecule has 2 heteroatoms. The number of fused-ring (bicyclic) bond motifs is 1. The van der Waals surface area contributed by atoms with Crippen molar-refractivity contribution in [2.75, 3.05) is 6.54 Å². The number of hydrogen-bond donors (Lipinski definition) is 2. The molecule has 0 aromatic carbocycles. The Labute approximate surface area is 79.8 Å². The van der Waals surface area contributed by atoms with Crippen LogP contribution in [0.25, 0.3) is 0 Å². The summed E-state index contributed by atoms with van der Waals surface area (Å²) in [5.41, 5.74) is 7.09. The van der Waals surface area contributed by atoms with Gasteiger partial charge in [0, 0.05) is 6.54 Å². The number of nitrogens with two attached hydrogens (primary N) is 1. The van der Waals surface area contributed by atoms with Gasteiger partial charge in [-0.05, 0) is 35.7 Å². The predicted octanol–water partition coefficient (Wildman–Crippen LogP) is 1.30. The van der Waals surface area contributed by atoms with Gasteiger partial charge in [-0.1, -0.05) is 19.9 Å². The molecule has 0 radical (unpaired) electrons. The Morgan fingerprint density at radius 1 is 1.69 bits per heavy atom. The van der Waals surface area contributed by atoms with E-state index in [1.165, 1.54) is 12.0 Å². The second kappa shape index (κ2) is 2.82. The van der Waals surface area contributed by atoms with Crippen LogP contribution in [0.3, 0.4) is 0 Å². The van der Waals surface area contributed by atoms with Crippen LogP contribution in [0.15, 0.2) is 11.6 Å². The average molecular weight is 181 g/mol. The van der Waals surface area contributed by atoms with Crippen LogP contribution in [0.5, 0.6) is 0 Å². The van der Waals surface area contributed by atoms with Gasteiger partial charge >= 0.3 is 0 Å². The standard InChI is InChI=1S/C11H19NO/c1-11(2)7-3-4-8(9(11)5-7)10(13)6-12/h4,7,9-10,13H,3,5-6,12H2,1-2H3/t7?,9?,10-/m1/s1. The zero-order valence-corrected chi connectivity index (χ0v) is 8.46. The highest BCUT2D eigenvalue weighted by molar-refractivity contribution is 5.26. The second-order valence-corrected chi connectivity index (χ2v) is 5.00. The largest absolute Gasteiger partial charge is 0.387 e. The molecule has 74 valence electrons. The summed E-state index contributed by atoms with van der Waals surface area (Å²) in [5, 5.41) is 9.72. The van der Waals surface area contributed by atoms with Gasteiger partial charge in [-0.3, -0.25) is 0 Å². The van der Waals surface area contributed by atoms with Crippen LogP contribution < -0.4 is 5.73 Å². The average Bonchev–Trinajstić information content (AvgIpc) is 2.16. The summed E-state index contributed by atoms with van der Waals surface area (Å²) < 4.78 is 0. The van der Waals surface area contributed by atoms with Crippen LogP contribution in [0, 0.1) is 17.3 Å². The molecule has 0 saturated heterocycles. The van der Waals surface area contributed by atoms with E-state index in [2.05, 4.69) is 19.9 Å². The molecule has 2 unspecified atom stereocenters. The van der Waals surface area contributed by atoms with Gasteiger partial charge in [0.25, 0.3) is 0 Å². The monoisotopic (exact) mass is 181 g/mol. The molecule has 3 atom stereocenters. The first kappa shape index (κ1) is 9.22. The normalized spacial score (nSPS) is 37.7. The maximum atomic E-state index is 9.72. The maximum absolute atomic E-state index is 9.72. The van der Waals surface area contributed by atoms with Crippen molar-refractivity contribution in [3.63, 3.8) is 0 Å². The van der Waals surface area contributed by atoms with Crippen molar-refractivity contribution in [2.45, 2.75) is 32.8 Å². The molecule has 0 aromatic rings. The summed E-state index contributed by atoms with van der Waals surface area (Å²) in [6, 6.07) is 0. The van der Waals surface area contributed by atoms with E-state index < -0.39 is 6.10 Å². The van der Waals surface area contributed by atoms with Crippen molar-refractivity contribution in [3.05, 3.63) is 11.6 Å². The van der Waals surface area contributed by atoms with Crippen molar-refractivity contribution >= 4 is 0 Å². The smallest absolute Gasteiger partial charge is 0.0875 e. The first-order chi connectivity index (χ1) is 6.07. The van der Waals surface area contributed by atoms with E-state index in [-0.39, 0.29) is 0 Å². The van der Waals surface area contributed by atoms with E-state index in [9.17, 15) is 5.11 Å². The van der Waals surface area contributed by atoms with Gasteiger partial charge in [-0.25, -0.2) is 0 Å². The molecule has 0 heterocycles. The van der Waals surface area contributed by atoms with Crippen molar-refractivity contribution < 1.29 is 5.11 Å². The Kier molecular flexibility index (Phi) is 2.00. The molecule has 0 spiro atoms. The van der Waals surface area contributed by atoms with Gasteiger partial charge in [0.1, 0.15) is 0 Å². The van der Waals surface area contributed by atoms with Gasteiger partial charge in [-0.2, -0.15) is 0 Å². The van der Waals surface area contributed by atoms with E-state index in [4.69, 9.17) is 5.73 Å². The minimum atomic E-state index is -0.398. The van der Waals surface area contributed by atoms with Crippen LogP contribution in [-0.4, -0.2) is 17.8 Å². The third-order valence-electron chi connectivity index (χ3n) is 4.12. The van der Waals surface area contributed by atoms with Crippen molar-refractivity contribution in [3.8, 4) is 0 Å².